The predicted molar refractivity (Wildman–Crippen MR) is 82.4 cm³/mol. The lowest BCUT2D eigenvalue weighted by atomic mass is 10.0. The second-order valence-electron chi connectivity index (χ2n) is 5.21. The molecule has 130 valence electrons. The summed E-state index contributed by atoms with van der Waals surface area (Å²) in [5.41, 5.74) is 0. The molecule has 0 spiro atoms. The molecule has 0 aromatic rings. The van der Waals surface area contributed by atoms with Crippen molar-refractivity contribution in [3.63, 3.8) is 0 Å². The first-order valence-corrected chi connectivity index (χ1v) is 7.32. The van der Waals surface area contributed by atoms with Crippen LogP contribution >= 0.6 is 0 Å². The van der Waals surface area contributed by atoms with Crippen LogP contribution in [0.4, 0.5) is 0 Å². The van der Waals surface area contributed by atoms with Crippen LogP contribution in [0.2, 0.25) is 0 Å². The SMILES string of the molecule is CCOC(=O)/C=C/C[C@@H](NC(=O)[C@H](NC(C)=O)C(C)C)C(=O)O. The Hall–Kier alpha value is -2.38. The Balaban J connectivity index is 4.79. The molecule has 0 saturated carbocycles. The molecule has 2 atom stereocenters. The summed E-state index contributed by atoms with van der Waals surface area (Å²) in [6, 6.07) is -2.04. The van der Waals surface area contributed by atoms with Crippen LogP contribution in [0, 0.1) is 5.92 Å². The van der Waals surface area contributed by atoms with Gasteiger partial charge in [-0.2, -0.15) is 0 Å². The van der Waals surface area contributed by atoms with E-state index < -0.39 is 29.9 Å². The average molecular weight is 328 g/mol. The first-order valence-electron chi connectivity index (χ1n) is 7.32. The summed E-state index contributed by atoms with van der Waals surface area (Å²) < 4.78 is 4.67. The Morgan fingerprint density at radius 1 is 1.17 bits per heavy atom. The maximum absolute atomic E-state index is 12.1. The van der Waals surface area contributed by atoms with E-state index in [0.29, 0.717) is 0 Å². The molecule has 0 aliphatic heterocycles. The number of carbonyl (C=O) groups is 4. The molecule has 0 aromatic carbocycles. The Labute approximate surface area is 135 Å². The minimum absolute atomic E-state index is 0.0786. The zero-order valence-corrected chi connectivity index (χ0v) is 13.8. The lowest BCUT2D eigenvalue weighted by molar-refractivity contribution is -0.142. The first-order chi connectivity index (χ1) is 10.7. The Bertz CT molecular complexity index is 473. The Kier molecular flexibility index (Phi) is 9.29. The zero-order valence-electron chi connectivity index (χ0n) is 13.8. The quantitative estimate of drug-likeness (QED) is 0.411. The number of carboxylic acid groups (broad SMARTS) is 1. The first kappa shape index (κ1) is 20.6. The molecule has 3 N–H and O–H groups in total. The number of rotatable bonds is 9. The van der Waals surface area contributed by atoms with Gasteiger partial charge in [0.1, 0.15) is 12.1 Å². The van der Waals surface area contributed by atoms with E-state index in [4.69, 9.17) is 5.11 Å². The minimum atomic E-state index is -1.24. The van der Waals surface area contributed by atoms with Crippen molar-refractivity contribution >= 4 is 23.8 Å². The van der Waals surface area contributed by atoms with Crippen LogP contribution in [0.1, 0.15) is 34.1 Å². The molecule has 23 heavy (non-hydrogen) atoms. The van der Waals surface area contributed by atoms with Crippen LogP contribution in [0.5, 0.6) is 0 Å². The maximum atomic E-state index is 12.1. The molecular weight excluding hydrogens is 304 g/mol. The highest BCUT2D eigenvalue weighted by molar-refractivity contribution is 5.90. The highest BCUT2D eigenvalue weighted by atomic mass is 16.5. The number of carbonyl (C=O) groups excluding carboxylic acids is 3. The number of carboxylic acids is 1. The summed E-state index contributed by atoms with van der Waals surface area (Å²) in [7, 11) is 0. The van der Waals surface area contributed by atoms with Gasteiger partial charge in [-0.1, -0.05) is 19.9 Å². The van der Waals surface area contributed by atoms with Crippen LogP contribution in [0.3, 0.4) is 0 Å². The molecule has 0 aliphatic carbocycles. The lowest BCUT2D eigenvalue weighted by Gasteiger charge is -2.23. The number of hydrogen-bond donors (Lipinski definition) is 3. The van der Waals surface area contributed by atoms with Gasteiger partial charge in [0, 0.05) is 13.0 Å². The number of nitrogens with one attached hydrogen (secondary N) is 2. The summed E-state index contributed by atoms with van der Waals surface area (Å²) in [6.07, 6.45) is 2.35. The molecule has 8 nitrogen and oxygen atoms in total. The number of aliphatic carboxylic acids is 1. The molecule has 0 bridgehead atoms. The third kappa shape index (κ3) is 8.60. The molecule has 0 aliphatic rings. The second-order valence-corrected chi connectivity index (χ2v) is 5.21. The monoisotopic (exact) mass is 328 g/mol. The van der Waals surface area contributed by atoms with Crippen LogP contribution < -0.4 is 10.6 Å². The Morgan fingerprint density at radius 3 is 2.22 bits per heavy atom. The summed E-state index contributed by atoms with van der Waals surface area (Å²) >= 11 is 0. The fourth-order valence-corrected chi connectivity index (χ4v) is 1.73. The van der Waals surface area contributed by atoms with E-state index in [1.807, 2.05) is 0 Å². The molecule has 0 rings (SSSR count). The molecule has 0 unspecified atom stereocenters. The van der Waals surface area contributed by atoms with Crippen molar-refractivity contribution in [2.45, 2.75) is 46.2 Å². The molecule has 0 aromatic heterocycles. The van der Waals surface area contributed by atoms with Gasteiger partial charge in [0.2, 0.25) is 11.8 Å². The van der Waals surface area contributed by atoms with Crippen molar-refractivity contribution in [1.82, 2.24) is 10.6 Å². The lowest BCUT2D eigenvalue weighted by Crippen LogP contribution is -2.53. The summed E-state index contributed by atoms with van der Waals surface area (Å²) in [6.45, 7) is 6.61. The van der Waals surface area contributed by atoms with Gasteiger partial charge in [-0.25, -0.2) is 9.59 Å². The fraction of sp³-hybridized carbons (Fsp3) is 0.600. The van der Waals surface area contributed by atoms with E-state index in [0.717, 1.165) is 6.08 Å². The van der Waals surface area contributed by atoms with E-state index in [9.17, 15) is 19.2 Å². The average Bonchev–Trinajstić information content (AvgIpc) is 2.43. The summed E-state index contributed by atoms with van der Waals surface area (Å²) in [5, 5.41) is 14.0. The predicted octanol–water partition coefficient (Wildman–Crippen LogP) is 0.226. The smallest absolute Gasteiger partial charge is 0.330 e. The van der Waals surface area contributed by atoms with Crippen LogP contribution in [0.15, 0.2) is 12.2 Å². The zero-order chi connectivity index (χ0) is 18.0. The van der Waals surface area contributed by atoms with Crippen molar-refractivity contribution < 1.29 is 29.0 Å². The molecule has 0 fully saturated rings. The topological polar surface area (TPSA) is 122 Å². The van der Waals surface area contributed by atoms with Crippen molar-refractivity contribution in [1.29, 1.82) is 0 Å². The van der Waals surface area contributed by atoms with E-state index in [1.165, 1.54) is 13.0 Å². The van der Waals surface area contributed by atoms with Gasteiger partial charge >= 0.3 is 11.9 Å². The van der Waals surface area contributed by atoms with Gasteiger partial charge in [-0.15, -0.1) is 0 Å². The highest BCUT2D eigenvalue weighted by Crippen LogP contribution is 2.04. The van der Waals surface area contributed by atoms with Gasteiger partial charge in [-0.05, 0) is 19.3 Å². The molecule has 0 heterocycles. The van der Waals surface area contributed by atoms with Gasteiger partial charge in [0.25, 0.3) is 0 Å². The van der Waals surface area contributed by atoms with E-state index in [2.05, 4.69) is 15.4 Å². The van der Waals surface area contributed by atoms with Gasteiger partial charge in [-0.3, -0.25) is 9.59 Å². The van der Waals surface area contributed by atoms with Gasteiger partial charge < -0.3 is 20.5 Å². The largest absolute Gasteiger partial charge is 0.480 e. The summed E-state index contributed by atoms with van der Waals surface area (Å²) in [5.74, 6) is -3.00. The van der Waals surface area contributed by atoms with Crippen molar-refractivity contribution in [3.8, 4) is 0 Å². The number of hydrogen-bond acceptors (Lipinski definition) is 5. The van der Waals surface area contributed by atoms with Crippen LogP contribution in [-0.2, 0) is 23.9 Å². The molecule has 2 amide bonds. The molecule has 0 radical (unpaired) electrons. The second kappa shape index (κ2) is 10.4. The van der Waals surface area contributed by atoms with E-state index in [1.54, 1.807) is 20.8 Å². The third-order valence-electron chi connectivity index (χ3n) is 2.83. The normalized spacial score (nSPS) is 13.4. The van der Waals surface area contributed by atoms with Crippen LogP contribution in [-0.4, -0.2) is 47.6 Å². The summed E-state index contributed by atoms with van der Waals surface area (Å²) in [4.78, 5) is 45.6. The minimum Gasteiger partial charge on any atom is -0.480 e. The number of amides is 2. The van der Waals surface area contributed by atoms with Crippen LogP contribution in [0.25, 0.3) is 0 Å². The number of ether oxygens (including phenoxy) is 1. The van der Waals surface area contributed by atoms with E-state index >= 15 is 0 Å². The third-order valence-corrected chi connectivity index (χ3v) is 2.83. The number of esters is 1. The highest BCUT2D eigenvalue weighted by Gasteiger charge is 2.27. The molecule has 8 heteroatoms. The molecular formula is C15H24N2O6. The van der Waals surface area contributed by atoms with Crippen molar-refractivity contribution in [2.75, 3.05) is 6.61 Å². The van der Waals surface area contributed by atoms with Crippen molar-refractivity contribution in [2.24, 2.45) is 5.92 Å². The maximum Gasteiger partial charge on any atom is 0.330 e. The standard InChI is InChI=1S/C15H24N2O6/c1-5-23-12(19)8-6-7-11(15(21)22)17-14(20)13(9(2)3)16-10(4)18/h6,8-9,11,13H,5,7H2,1-4H3,(H,16,18)(H,17,20)(H,21,22)/b8-6+/t11-,13-/m1/s1. The Morgan fingerprint density at radius 2 is 1.78 bits per heavy atom. The fourth-order valence-electron chi connectivity index (χ4n) is 1.73. The van der Waals surface area contributed by atoms with Gasteiger partial charge in [0.05, 0.1) is 6.61 Å². The molecule has 0 saturated heterocycles. The van der Waals surface area contributed by atoms with E-state index in [-0.39, 0.29) is 24.9 Å². The van der Waals surface area contributed by atoms with Gasteiger partial charge in [0.15, 0.2) is 0 Å². The van der Waals surface area contributed by atoms with Crippen molar-refractivity contribution in [3.05, 3.63) is 12.2 Å².